The fraction of sp³-hybridized carbons (Fsp3) is 0.267. The van der Waals surface area contributed by atoms with Gasteiger partial charge in [-0.05, 0) is 44.9 Å². The quantitative estimate of drug-likeness (QED) is 0.609. The van der Waals surface area contributed by atoms with E-state index in [9.17, 15) is 0 Å². The zero-order chi connectivity index (χ0) is 12.2. The summed E-state index contributed by atoms with van der Waals surface area (Å²) < 4.78 is 2.75. The van der Waals surface area contributed by atoms with Gasteiger partial charge in [0.15, 0.2) is 0 Å². The molecule has 94 valence electrons. The van der Waals surface area contributed by atoms with Crippen LogP contribution in [0.4, 0.5) is 0 Å². The third-order valence-corrected chi connectivity index (χ3v) is 4.76. The topological polar surface area (TPSA) is 12.9 Å². The van der Waals surface area contributed by atoms with Crippen molar-refractivity contribution < 1.29 is 12.4 Å². The monoisotopic (exact) mass is 276 g/mol. The van der Waals surface area contributed by atoms with Crippen LogP contribution in [0.15, 0.2) is 18.2 Å². The maximum atomic E-state index is 4.57. The van der Waals surface area contributed by atoms with Gasteiger partial charge < -0.3 is 12.4 Å². The van der Waals surface area contributed by atoms with Crippen LogP contribution in [0.2, 0.25) is 0 Å². The number of fused-ring (bicyclic) bond motifs is 3. The lowest BCUT2D eigenvalue weighted by atomic mass is 10.0. The first kappa shape index (κ1) is 13.3. The Morgan fingerprint density at radius 2 is 1.61 bits per heavy atom. The molecule has 0 unspecified atom stereocenters. The highest BCUT2D eigenvalue weighted by molar-refractivity contribution is 7.26. The van der Waals surface area contributed by atoms with Gasteiger partial charge in [0, 0.05) is 21.2 Å². The van der Waals surface area contributed by atoms with E-state index >= 15 is 0 Å². The van der Waals surface area contributed by atoms with Crippen LogP contribution in [0.25, 0.3) is 20.2 Å². The molecule has 1 nitrogen and oxygen atoms in total. The van der Waals surface area contributed by atoms with Crippen molar-refractivity contribution in [3.63, 3.8) is 0 Å². The van der Waals surface area contributed by atoms with Crippen molar-refractivity contribution in [2.75, 3.05) is 0 Å². The number of hydrogen-bond acceptors (Lipinski definition) is 2. The van der Waals surface area contributed by atoms with Crippen LogP contribution < -0.4 is 12.4 Å². The number of thiophene rings is 1. The van der Waals surface area contributed by atoms with E-state index in [0.29, 0.717) is 0 Å². The van der Waals surface area contributed by atoms with Crippen LogP contribution in [0, 0.1) is 27.7 Å². The Bertz CT molecular complexity index is 743. The second-order valence-corrected chi connectivity index (χ2v) is 5.75. The number of pyridine rings is 1. The molecule has 2 heterocycles. The molecule has 1 aromatic carbocycles. The number of aryl methyl sites for hydroxylation is 4. The predicted octanol–water partition coefficient (Wildman–Crippen LogP) is 1.69. The molecular weight excluding hydrogens is 262 g/mol. The fourth-order valence-electron chi connectivity index (χ4n) is 2.49. The van der Waals surface area contributed by atoms with E-state index in [2.05, 4.69) is 50.9 Å². The van der Waals surface area contributed by atoms with Crippen molar-refractivity contribution in [3.8, 4) is 0 Å². The summed E-state index contributed by atoms with van der Waals surface area (Å²) in [7, 11) is 0. The Hall–Kier alpha value is -1.12. The van der Waals surface area contributed by atoms with Gasteiger partial charge in [-0.3, -0.25) is 4.98 Å². The van der Waals surface area contributed by atoms with Crippen molar-refractivity contribution in [1.82, 2.24) is 4.98 Å². The van der Waals surface area contributed by atoms with Crippen molar-refractivity contribution in [2.45, 2.75) is 27.7 Å². The van der Waals surface area contributed by atoms with E-state index in [-0.39, 0.29) is 12.4 Å². The molecule has 0 saturated heterocycles. The van der Waals surface area contributed by atoms with Gasteiger partial charge in [0.1, 0.15) is 0 Å². The molecular formula is C15H15ClNS-. The van der Waals surface area contributed by atoms with E-state index in [4.69, 9.17) is 0 Å². The highest BCUT2D eigenvalue weighted by atomic mass is 35.5. The summed E-state index contributed by atoms with van der Waals surface area (Å²) in [6.45, 7) is 8.56. The molecule has 0 aliphatic carbocycles. The van der Waals surface area contributed by atoms with E-state index in [1.807, 2.05) is 11.3 Å². The van der Waals surface area contributed by atoms with Crippen molar-refractivity contribution in [1.29, 1.82) is 0 Å². The summed E-state index contributed by atoms with van der Waals surface area (Å²) in [5.41, 5.74) is 4.99. The maximum Gasteiger partial charge on any atom is 0.0568 e. The largest absolute Gasteiger partial charge is 1.00 e. The summed E-state index contributed by atoms with van der Waals surface area (Å²) in [6.07, 6.45) is 0. The molecule has 3 aromatic rings. The number of benzene rings is 1. The number of nitrogens with zero attached hydrogens (tertiary/aromatic N) is 1. The molecule has 0 radical (unpaired) electrons. The lowest BCUT2D eigenvalue weighted by Crippen LogP contribution is -3.00. The van der Waals surface area contributed by atoms with Crippen molar-refractivity contribution in [3.05, 3.63) is 40.7 Å². The molecule has 0 atom stereocenters. The lowest BCUT2D eigenvalue weighted by molar-refractivity contribution is -0.00000362. The zero-order valence-electron chi connectivity index (χ0n) is 11.0. The van der Waals surface area contributed by atoms with E-state index < -0.39 is 0 Å². The van der Waals surface area contributed by atoms with Crippen LogP contribution in [-0.2, 0) is 0 Å². The van der Waals surface area contributed by atoms with Crippen LogP contribution >= 0.6 is 11.3 Å². The molecule has 18 heavy (non-hydrogen) atoms. The van der Waals surface area contributed by atoms with Crippen molar-refractivity contribution in [2.24, 2.45) is 0 Å². The fourth-order valence-corrected chi connectivity index (χ4v) is 3.76. The van der Waals surface area contributed by atoms with Crippen LogP contribution in [-0.4, -0.2) is 4.98 Å². The van der Waals surface area contributed by atoms with E-state index in [0.717, 1.165) is 11.4 Å². The Morgan fingerprint density at radius 1 is 0.944 bits per heavy atom. The third-order valence-electron chi connectivity index (χ3n) is 3.31. The molecule has 0 spiro atoms. The highest BCUT2D eigenvalue weighted by Gasteiger charge is 2.11. The van der Waals surface area contributed by atoms with Crippen molar-refractivity contribution >= 4 is 31.5 Å². The van der Waals surface area contributed by atoms with E-state index in [1.54, 1.807) is 0 Å². The Balaban J connectivity index is 0.00000120. The predicted molar refractivity (Wildman–Crippen MR) is 76.1 cm³/mol. The second-order valence-electron chi connectivity index (χ2n) is 4.73. The minimum absolute atomic E-state index is 0. The van der Waals surface area contributed by atoms with Gasteiger partial charge in [0.05, 0.1) is 10.4 Å². The second kappa shape index (κ2) is 4.52. The maximum absolute atomic E-state index is 4.57. The summed E-state index contributed by atoms with van der Waals surface area (Å²) in [6, 6.07) is 6.64. The average Bonchev–Trinajstić information content (AvgIpc) is 2.64. The minimum Gasteiger partial charge on any atom is -1.00 e. The standard InChI is InChI=1S/C15H15NS.ClH/c1-8-5-6-9(2)14-13(8)12-7-10(3)16-11(4)15(12)17-14;/h5-7H,1-4H3;1H/p-1. The smallest absolute Gasteiger partial charge is 0.0568 e. The highest BCUT2D eigenvalue weighted by Crippen LogP contribution is 2.38. The van der Waals surface area contributed by atoms with Gasteiger partial charge >= 0.3 is 0 Å². The van der Waals surface area contributed by atoms with Crippen LogP contribution in [0.3, 0.4) is 0 Å². The first-order valence-corrected chi connectivity index (χ1v) is 6.66. The molecule has 0 aliphatic heterocycles. The first-order valence-electron chi connectivity index (χ1n) is 5.84. The van der Waals surface area contributed by atoms with Gasteiger partial charge in [-0.25, -0.2) is 0 Å². The molecule has 0 aliphatic rings. The van der Waals surface area contributed by atoms with Gasteiger partial charge in [-0.15, -0.1) is 11.3 Å². The van der Waals surface area contributed by atoms with Crippen LogP contribution in [0.1, 0.15) is 22.5 Å². The number of rotatable bonds is 0. The molecule has 0 N–H and O–H groups in total. The Labute approximate surface area is 117 Å². The number of halogens is 1. The SMILES string of the molecule is Cc1cc2c(sc3c(C)ccc(C)c32)c(C)n1.[Cl-]. The van der Waals surface area contributed by atoms with Gasteiger partial charge in [-0.2, -0.15) is 0 Å². The summed E-state index contributed by atoms with van der Waals surface area (Å²) >= 11 is 1.88. The molecule has 3 heteroatoms. The minimum atomic E-state index is 0. The summed E-state index contributed by atoms with van der Waals surface area (Å²) in [4.78, 5) is 4.57. The summed E-state index contributed by atoms with van der Waals surface area (Å²) in [5.74, 6) is 0. The number of hydrogen-bond donors (Lipinski definition) is 0. The zero-order valence-corrected chi connectivity index (χ0v) is 12.5. The lowest BCUT2D eigenvalue weighted by Gasteiger charge is -2.01. The molecule has 2 aromatic heterocycles. The normalized spacial score (nSPS) is 10.9. The molecule has 3 rings (SSSR count). The van der Waals surface area contributed by atoms with Gasteiger partial charge in [-0.1, -0.05) is 12.1 Å². The molecule has 0 fully saturated rings. The molecule has 0 bridgehead atoms. The first-order chi connectivity index (χ1) is 8.08. The van der Waals surface area contributed by atoms with E-state index in [1.165, 1.54) is 31.3 Å². The Kier molecular flexibility index (Phi) is 3.35. The molecule has 0 saturated carbocycles. The number of aromatic nitrogens is 1. The third kappa shape index (κ3) is 1.80. The molecule has 0 amide bonds. The van der Waals surface area contributed by atoms with Crippen LogP contribution in [0.5, 0.6) is 0 Å². The summed E-state index contributed by atoms with van der Waals surface area (Å²) in [5, 5.41) is 2.79. The van der Waals surface area contributed by atoms with Gasteiger partial charge in [0.25, 0.3) is 0 Å². The average molecular weight is 277 g/mol. The Morgan fingerprint density at radius 3 is 2.33 bits per heavy atom. The van der Waals surface area contributed by atoms with Gasteiger partial charge in [0.2, 0.25) is 0 Å².